The van der Waals surface area contributed by atoms with Crippen molar-refractivity contribution >= 4 is 11.8 Å². The van der Waals surface area contributed by atoms with Crippen molar-refractivity contribution < 1.29 is 14.3 Å². The summed E-state index contributed by atoms with van der Waals surface area (Å²) < 4.78 is 4.79. The molecule has 0 fully saturated rings. The van der Waals surface area contributed by atoms with Crippen molar-refractivity contribution in [2.24, 2.45) is 11.8 Å². The van der Waals surface area contributed by atoms with Crippen LogP contribution in [0, 0.1) is 11.8 Å². The number of allylic oxidation sites excluding steroid dienone is 5. The van der Waals surface area contributed by atoms with E-state index in [9.17, 15) is 9.59 Å². The van der Waals surface area contributed by atoms with Crippen LogP contribution in [0.25, 0.3) is 0 Å². The van der Waals surface area contributed by atoms with E-state index in [1.807, 2.05) is 26.0 Å². The lowest BCUT2D eigenvalue weighted by molar-refractivity contribution is -0.137. The van der Waals surface area contributed by atoms with Gasteiger partial charge in [-0.2, -0.15) is 0 Å². The largest absolute Gasteiger partial charge is 0.463 e. The van der Waals surface area contributed by atoms with Crippen molar-refractivity contribution in [2.45, 2.75) is 27.2 Å². The summed E-state index contributed by atoms with van der Waals surface area (Å²) in [6.45, 7) is 6.16. The second-order valence-electron chi connectivity index (χ2n) is 4.37. The average molecular weight is 248 g/mol. The highest BCUT2D eigenvalue weighted by molar-refractivity contribution is 5.94. The van der Waals surface area contributed by atoms with E-state index in [0.29, 0.717) is 6.61 Å². The summed E-state index contributed by atoms with van der Waals surface area (Å²) in [5.41, 5.74) is 0.746. The standard InChI is InChI=1S/C15H20O3/c1-4-13-11(3)6-7-12(10-14(13)16)8-9-15(17)18-5-2/h6-11,13H,4-5H2,1-3H3. The zero-order valence-electron chi connectivity index (χ0n) is 11.2. The number of hydrogen-bond donors (Lipinski definition) is 0. The number of carbonyl (C=O) groups excluding carboxylic acids is 2. The van der Waals surface area contributed by atoms with Gasteiger partial charge < -0.3 is 4.74 Å². The normalized spacial score (nSPS) is 23.9. The Morgan fingerprint density at radius 2 is 2.17 bits per heavy atom. The van der Waals surface area contributed by atoms with Gasteiger partial charge >= 0.3 is 5.97 Å². The van der Waals surface area contributed by atoms with E-state index in [1.54, 1.807) is 19.1 Å². The molecule has 0 spiro atoms. The summed E-state index contributed by atoms with van der Waals surface area (Å²) in [6, 6.07) is 0. The highest BCUT2D eigenvalue weighted by Crippen LogP contribution is 2.23. The maximum atomic E-state index is 12.0. The van der Waals surface area contributed by atoms with E-state index in [0.717, 1.165) is 12.0 Å². The third-order valence-corrected chi connectivity index (χ3v) is 3.04. The molecule has 2 atom stereocenters. The molecule has 0 aromatic rings. The number of rotatable bonds is 4. The van der Waals surface area contributed by atoms with E-state index in [2.05, 4.69) is 0 Å². The van der Waals surface area contributed by atoms with Crippen LogP contribution in [0.3, 0.4) is 0 Å². The predicted molar refractivity (Wildman–Crippen MR) is 70.9 cm³/mol. The fraction of sp³-hybridized carbons (Fsp3) is 0.467. The fourth-order valence-corrected chi connectivity index (χ4v) is 2.01. The molecule has 0 saturated carbocycles. The Bertz CT molecular complexity index is 402. The highest BCUT2D eigenvalue weighted by atomic mass is 16.5. The molecule has 2 unspecified atom stereocenters. The Kier molecular flexibility index (Phi) is 5.56. The molecule has 3 nitrogen and oxygen atoms in total. The number of carbonyl (C=O) groups is 2. The lowest BCUT2D eigenvalue weighted by Crippen LogP contribution is -2.17. The highest BCUT2D eigenvalue weighted by Gasteiger charge is 2.21. The van der Waals surface area contributed by atoms with Gasteiger partial charge in [0.05, 0.1) is 6.61 Å². The Labute approximate surface area is 108 Å². The van der Waals surface area contributed by atoms with Gasteiger partial charge in [-0.05, 0) is 37.0 Å². The van der Waals surface area contributed by atoms with Crippen molar-refractivity contribution in [2.75, 3.05) is 6.61 Å². The molecule has 0 bridgehead atoms. The van der Waals surface area contributed by atoms with Crippen LogP contribution in [0.15, 0.2) is 36.0 Å². The molecule has 0 aliphatic heterocycles. The number of hydrogen-bond acceptors (Lipinski definition) is 3. The maximum absolute atomic E-state index is 12.0. The van der Waals surface area contributed by atoms with E-state index in [-0.39, 0.29) is 23.6 Å². The Morgan fingerprint density at radius 1 is 1.44 bits per heavy atom. The summed E-state index contributed by atoms with van der Waals surface area (Å²) in [4.78, 5) is 23.2. The Morgan fingerprint density at radius 3 is 2.78 bits per heavy atom. The van der Waals surface area contributed by atoms with Crippen LogP contribution in [0.5, 0.6) is 0 Å². The van der Waals surface area contributed by atoms with Crippen LogP contribution >= 0.6 is 0 Å². The molecule has 0 N–H and O–H groups in total. The maximum Gasteiger partial charge on any atom is 0.330 e. The van der Waals surface area contributed by atoms with Gasteiger partial charge in [0.1, 0.15) is 0 Å². The summed E-state index contributed by atoms with van der Waals surface area (Å²) in [5.74, 6) is 0.00378. The SMILES string of the molecule is CCOC(=O)C=CC1=CC(=O)C(CC)C(C)C=C1. The molecule has 18 heavy (non-hydrogen) atoms. The second kappa shape index (κ2) is 6.94. The van der Waals surface area contributed by atoms with Gasteiger partial charge in [0.2, 0.25) is 0 Å². The van der Waals surface area contributed by atoms with Gasteiger partial charge in [-0.15, -0.1) is 0 Å². The number of ketones is 1. The van der Waals surface area contributed by atoms with Crippen molar-refractivity contribution in [1.29, 1.82) is 0 Å². The lowest BCUT2D eigenvalue weighted by atomic mass is 9.88. The summed E-state index contributed by atoms with van der Waals surface area (Å²) in [5, 5.41) is 0. The lowest BCUT2D eigenvalue weighted by Gasteiger charge is -2.14. The van der Waals surface area contributed by atoms with Gasteiger partial charge in [-0.1, -0.05) is 26.0 Å². The van der Waals surface area contributed by atoms with Gasteiger partial charge in [-0.25, -0.2) is 4.79 Å². The van der Waals surface area contributed by atoms with Crippen LogP contribution < -0.4 is 0 Å². The Hall–Kier alpha value is -1.64. The van der Waals surface area contributed by atoms with Crippen LogP contribution in [-0.4, -0.2) is 18.4 Å². The first-order valence-corrected chi connectivity index (χ1v) is 6.37. The molecule has 3 heteroatoms. The van der Waals surface area contributed by atoms with Crippen molar-refractivity contribution in [3.63, 3.8) is 0 Å². The molecule has 1 aliphatic rings. The summed E-state index contributed by atoms with van der Waals surface area (Å²) >= 11 is 0. The molecule has 0 aromatic carbocycles. The number of ether oxygens (including phenoxy) is 1. The Balaban J connectivity index is 2.80. The molecule has 0 amide bonds. The first-order chi connectivity index (χ1) is 8.58. The molecule has 0 saturated heterocycles. The van der Waals surface area contributed by atoms with Gasteiger partial charge in [0, 0.05) is 12.0 Å². The molecular formula is C15H20O3. The van der Waals surface area contributed by atoms with Crippen LogP contribution in [0.1, 0.15) is 27.2 Å². The zero-order chi connectivity index (χ0) is 13.5. The van der Waals surface area contributed by atoms with E-state index in [1.165, 1.54) is 6.08 Å². The fourth-order valence-electron chi connectivity index (χ4n) is 2.01. The van der Waals surface area contributed by atoms with Gasteiger partial charge in [-0.3, -0.25) is 4.79 Å². The quantitative estimate of drug-likeness (QED) is 0.567. The minimum atomic E-state index is -0.386. The monoisotopic (exact) mass is 248 g/mol. The van der Waals surface area contributed by atoms with Gasteiger partial charge in [0.25, 0.3) is 0 Å². The van der Waals surface area contributed by atoms with Crippen LogP contribution in [0.2, 0.25) is 0 Å². The van der Waals surface area contributed by atoms with Crippen LogP contribution in [-0.2, 0) is 14.3 Å². The predicted octanol–water partition coefficient (Wildman–Crippen LogP) is 2.83. The molecule has 0 radical (unpaired) electrons. The third-order valence-electron chi connectivity index (χ3n) is 3.04. The molecule has 98 valence electrons. The third kappa shape index (κ3) is 3.99. The first-order valence-electron chi connectivity index (χ1n) is 6.37. The van der Waals surface area contributed by atoms with Crippen molar-refractivity contribution in [3.8, 4) is 0 Å². The van der Waals surface area contributed by atoms with Crippen LogP contribution in [0.4, 0.5) is 0 Å². The molecule has 1 rings (SSSR count). The van der Waals surface area contributed by atoms with Crippen molar-refractivity contribution in [3.05, 3.63) is 36.0 Å². The second-order valence-corrected chi connectivity index (χ2v) is 4.37. The number of esters is 1. The summed E-state index contributed by atoms with van der Waals surface area (Å²) in [7, 11) is 0. The molecule has 1 aliphatic carbocycles. The van der Waals surface area contributed by atoms with E-state index >= 15 is 0 Å². The molecular weight excluding hydrogens is 228 g/mol. The zero-order valence-corrected chi connectivity index (χ0v) is 11.2. The minimum Gasteiger partial charge on any atom is -0.463 e. The van der Waals surface area contributed by atoms with E-state index < -0.39 is 0 Å². The van der Waals surface area contributed by atoms with Gasteiger partial charge in [0.15, 0.2) is 5.78 Å². The molecule has 0 aromatic heterocycles. The summed E-state index contributed by atoms with van der Waals surface area (Å²) in [6.07, 6.45) is 9.30. The average Bonchev–Trinajstić information content (AvgIpc) is 2.46. The van der Waals surface area contributed by atoms with Crippen molar-refractivity contribution in [1.82, 2.24) is 0 Å². The van der Waals surface area contributed by atoms with E-state index in [4.69, 9.17) is 4.74 Å². The molecule has 0 heterocycles. The smallest absolute Gasteiger partial charge is 0.330 e. The first kappa shape index (κ1) is 14.4. The minimum absolute atomic E-state index is 0.0368. The topological polar surface area (TPSA) is 43.4 Å².